The molecule has 1 heterocycles. The maximum Gasteiger partial charge on any atom is 0.268 e. The fourth-order valence-electron chi connectivity index (χ4n) is 2.29. The fraction of sp³-hybridized carbons (Fsp3) is 0.125. The van der Waals surface area contributed by atoms with Crippen LogP contribution in [0.15, 0.2) is 41.6 Å². The first-order chi connectivity index (χ1) is 11.4. The molecule has 124 valence electrons. The van der Waals surface area contributed by atoms with E-state index < -0.39 is 17.8 Å². The van der Waals surface area contributed by atoms with Crippen molar-refractivity contribution in [3.63, 3.8) is 0 Å². The van der Waals surface area contributed by atoms with Gasteiger partial charge in [0.15, 0.2) is 0 Å². The van der Waals surface area contributed by atoms with E-state index in [0.29, 0.717) is 15.7 Å². The zero-order chi connectivity index (χ0) is 17.3. The third kappa shape index (κ3) is 3.64. The van der Waals surface area contributed by atoms with Gasteiger partial charge in [-0.2, -0.15) is 0 Å². The van der Waals surface area contributed by atoms with Gasteiger partial charge in [0.05, 0.1) is 16.3 Å². The summed E-state index contributed by atoms with van der Waals surface area (Å²) in [6.45, 7) is 0. The molecule has 0 fully saturated rings. The SMILES string of the molecule is O=C(Nc1cc(Cl)cc(Cl)c1)C1CC(c2c(F)cccc2Cl)=NO1. The van der Waals surface area contributed by atoms with Gasteiger partial charge < -0.3 is 10.2 Å². The number of carbonyl (C=O) groups excluding carboxylic acids is 1. The van der Waals surface area contributed by atoms with E-state index in [4.69, 9.17) is 39.6 Å². The summed E-state index contributed by atoms with van der Waals surface area (Å²) in [5, 5.41) is 7.41. The predicted molar refractivity (Wildman–Crippen MR) is 92.5 cm³/mol. The molecule has 3 rings (SSSR count). The molecule has 0 spiro atoms. The maximum absolute atomic E-state index is 13.9. The molecule has 0 saturated carbocycles. The highest BCUT2D eigenvalue weighted by atomic mass is 35.5. The molecule has 2 aromatic rings. The van der Waals surface area contributed by atoms with Crippen molar-refractivity contribution in [1.29, 1.82) is 0 Å². The number of nitrogens with one attached hydrogen (secondary N) is 1. The number of hydrogen-bond acceptors (Lipinski definition) is 3. The lowest BCUT2D eigenvalue weighted by molar-refractivity contribution is -0.125. The smallest absolute Gasteiger partial charge is 0.268 e. The van der Waals surface area contributed by atoms with E-state index in [0.717, 1.165) is 0 Å². The third-order valence-electron chi connectivity index (χ3n) is 3.34. The molecule has 0 radical (unpaired) electrons. The van der Waals surface area contributed by atoms with E-state index in [1.165, 1.54) is 12.1 Å². The first-order valence-corrected chi connectivity index (χ1v) is 8.01. The second-order valence-corrected chi connectivity index (χ2v) is 6.36. The molecule has 8 heteroatoms. The first-order valence-electron chi connectivity index (χ1n) is 6.88. The number of oxime groups is 1. The van der Waals surface area contributed by atoms with E-state index in [9.17, 15) is 9.18 Å². The topological polar surface area (TPSA) is 50.7 Å². The minimum Gasteiger partial charge on any atom is -0.382 e. The van der Waals surface area contributed by atoms with Gasteiger partial charge in [0, 0.05) is 22.2 Å². The Morgan fingerprint density at radius 2 is 1.92 bits per heavy atom. The third-order valence-corrected chi connectivity index (χ3v) is 4.09. The van der Waals surface area contributed by atoms with E-state index in [-0.39, 0.29) is 22.7 Å². The maximum atomic E-state index is 13.9. The Balaban J connectivity index is 1.71. The summed E-state index contributed by atoms with van der Waals surface area (Å²) >= 11 is 17.8. The van der Waals surface area contributed by atoms with Crippen molar-refractivity contribution >= 4 is 52.1 Å². The number of carbonyl (C=O) groups is 1. The summed E-state index contributed by atoms with van der Waals surface area (Å²) in [6, 6.07) is 8.96. The van der Waals surface area contributed by atoms with Gasteiger partial charge in [0.25, 0.3) is 5.91 Å². The number of amides is 1. The Hall–Kier alpha value is -1.82. The predicted octanol–water partition coefficient (Wildman–Crippen LogP) is 4.92. The quantitative estimate of drug-likeness (QED) is 0.813. The Morgan fingerprint density at radius 3 is 2.58 bits per heavy atom. The lowest BCUT2D eigenvalue weighted by atomic mass is 10.0. The van der Waals surface area contributed by atoms with Crippen LogP contribution in [-0.4, -0.2) is 17.7 Å². The highest BCUT2D eigenvalue weighted by Crippen LogP contribution is 2.27. The summed E-state index contributed by atoms with van der Waals surface area (Å²) in [4.78, 5) is 17.4. The standard InChI is InChI=1S/C16H10Cl3FN2O2/c17-8-4-9(18)6-10(5-8)21-16(23)14-7-13(22-24-14)15-11(19)2-1-3-12(15)20/h1-6,14H,7H2,(H,21,23). The number of benzene rings is 2. The van der Waals surface area contributed by atoms with Crippen LogP contribution in [0.3, 0.4) is 0 Å². The van der Waals surface area contributed by atoms with Crippen LogP contribution < -0.4 is 5.32 Å². The van der Waals surface area contributed by atoms with Gasteiger partial charge in [-0.1, -0.05) is 46.0 Å². The van der Waals surface area contributed by atoms with Crippen molar-refractivity contribution in [2.45, 2.75) is 12.5 Å². The van der Waals surface area contributed by atoms with Crippen LogP contribution in [0.4, 0.5) is 10.1 Å². The van der Waals surface area contributed by atoms with Gasteiger partial charge in [-0.05, 0) is 30.3 Å². The van der Waals surface area contributed by atoms with E-state index in [1.807, 2.05) is 0 Å². The van der Waals surface area contributed by atoms with Crippen LogP contribution in [0.5, 0.6) is 0 Å². The average Bonchev–Trinajstić information content (AvgIpc) is 2.95. The summed E-state index contributed by atoms with van der Waals surface area (Å²) in [5.41, 5.74) is 0.848. The molecule has 1 aliphatic rings. The van der Waals surface area contributed by atoms with Gasteiger partial charge in [0.2, 0.25) is 6.10 Å². The number of halogens is 4. The highest BCUT2D eigenvalue weighted by molar-refractivity contribution is 6.35. The second-order valence-electron chi connectivity index (χ2n) is 5.08. The van der Waals surface area contributed by atoms with Crippen LogP contribution >= 0.6 is 34.8 Å². The van der Waals surface area contributed by atoms with Crippen LogP contribution in [0.2, 0.25) is 15.1 Å². The first kappa shape index (κ1) is 17.0. The van der Waals surface area contributed by atoms with Crippen molar-refractivity contribution in [2.24, 2.45) is 5.16 Å². The van der Waals surface area contributed by atoms with Crippen molar-refractivity contribution in [2.75, 3.05) is 5.32 Å². The number of hydrogen-bond donors (Lipinski definition) is 1. The molecule has 1 atom stereocenters. The van der Waals surface area contributed by atoms with Gasteiger partial charge in [-0.15, -0.1) is 0 Å². The Labute approximate surface area is 152 Å². The summed E-state index contributed by atoms with van der Waals surface area (Å²) in [6.07, 6.45) is -0.797. The van der Waals surface area contributed by atoms with Crippen LogP contribution in [0, 0.1) is 5.82 Å². The summed E-state index contributed by atoms with van der Waals surface area (Å²) < 4.78 is 13.9. The van der Waals surface area contributed by atoms with Crippen molar-refractivity contribution in [1.82, 2.24) is 0 Å². The molecule has 0 aliphatic carbocycles. The molecule has 1 aliphatic heterocycles. The van der Waals surface area contributed by atoms with Gasteiger partial charge in [-0.3, -0.25) is 4.79 Å². The van der Waals surface area contributed by atoms with Gasteiger partial charge >= 0.3 is 0 Å². The van der Waals surface area contributed by atoms with Crippen LogP contribution in [0.1, 0.15) is 12.0 Å². The Bertz CT molecular complexity index is 802. The van der Waals surface area contributed by atoms with Crippen molar-refractivity contribution < 1.29 is 14.0 Å². The average molecular weight is 388 g/mol. The minimum atomic E-state index is -0.895. The lowest BCUT2D eigenvalue weighted by Crippen LogP contribution is -2.28. The normalized spacial score (nSPS) is 16.5. The van der Waals surface area contributed by atoms with E-state index in [2.05, 4.69) is 10.5 Å². The molecule has 1 unspecified atom stereocenters. The zero-order valence-electron chi connectivity index (χ0n) is 12.0. The summed E-state index contributed by atoms with van der Waals surface area (Å²) in [5.74, 6) is -0.966. The number of nitrogens with zero attached hydrogens (tertiary/aromatic N) is 1. The lowest BCUT2D eigenvalue weighted by Gasteiger charge is -2.10. The Kier molecular flexibility index (Phi) is 4.94. The molecule has 24 heavy (non-hydrogen) atoms. The largest absolute Gasteiger partial charge is 0.382 e. The number of anilines is 1. The molecule has 0 saturated heterocycles. The fourth-order valence-corrected chi connectivity index (χ4v) is 3.09. The van der Waals surface area contributed by atoms with Crippen LogP contribution in [0.25, 0.3) is 0 Å². The molecular formula is C16H10Cl3FN2O2. The van der Waals surface area contributed by atoms with Gasteiger partial charge in [0.1, 0.15) is 5.82 Å². The minimum absolute atomic E-state index is 0.0980. The monoisotopic (exact) mass is 386 g/mol. The van der Waals surface area contributed by atoms with Gasteiger partial charge in [-0.25, -0.2) is 4.39 Å². The highest BCUT2D eigenvalue weighted by Gasteiger charge is 2.31. The molecule has 1 N–H and O–H groups in total. The second kappa shape index (κ2) is 6.97. The molecular weight excluding hydrogens is 378 g/mol. The number of rotatable bonds is 3. The molecule has 1 amide bonds. The van der Waals surface area contributed by atoms with Crippen LogP contribution in [-0.2, 0) is 9.63 Å². The van der Waals surface area contributed by atoms with Crippen molar-refractivity contribution in [3.8, 4) is 0 Å². The molecule has 4 nitrogen and oxygen atoms in total. The van der Waals surface area contributed by atoms with E-state index >= 15 is 0 Å². The summed E-state index contributed by atoms with van der Waals surface area (Å²) in [7, 11) is 0. The molecule has 0 aromatic heterocycles. The Morgan fingerprint density at radius 1 is 1.21 bits per heavy atom. The zero-order valence-corrected chi connectivity index (χ0v) is 14.3. The van der Waals surface area contributed by atoms with E-state index in [1.54, 1.807) is 24.3 Å². The molecule has 2 aromatic carbocycles. The van der Waals surface area contributed by atoms with Crippen molar-refractivity contribution in [3.05, 3.63) is 62.8 Å². The molecule has 0 bridgehead atoms.